The maximum atomic E-state index is 13.4. The Morgan fingerprint density at radius 1 is 1.07 bits per heavy atom. The SMILES string of the molecule is Cc1ccc(NC(=O)N2CCc3c(sc4c3CCCC4)[C@H]2c2ccccc2)cc1Cl. The number of hydrogen-bond donors (Lipinski definition) is 1. The van der Waals surface area contributed by atoms with Crippen molar-refractivity contribution in [1.82, 2.24) is 4.90 Å². The molecule has 3 nitrogen and oxygen atoms in total. The number of hydrogen-bond acceptors (Lipinski definition) is 2. The van der Waals surface area contributed by atoms with E-state index < -0.39 is 0 Å². The largest absolute Gasteiger partial charge is 0.322 e. The lowest BCUT2D eigenvalue weighted by atomic mass is 9.88. The van der Waals surface area contributed by atoms with E-state index in [1.54, 1.807) is 10.4 Å². The van der Waals surface area contributed by atoms with E-state index in [1.165, 1.54) is 41.7 Å². The number of anilines is 1. The van der Waals surface area contributed by atoms with Crippen LogP contribution in [-0.4, -0.2) is 17.5 Å². The van der Waals surface area contributed by atoms with Gasteiger partial charge in [0.05, 0.1) is 6.04 Å². The van der Waals surface area contributed by atoms with Crippen molar-refractivity contribution >= 4 is 34.7 Å². The lowest BCUT2D eigenvalue weighted by Gasteiger charge is -2.36. The molecule has 0 bridgehead atoms. The number of urea groups is 1. The third-order valence-corrected chi connectivity index (χ3v) is 8.07. The van der Waals surface area contributed by atoms with Gasteiger partial charge in [-0.1, -0.05) is 48.0 Å². The Morgan fingerprint density at radius 3 is 2.67 bits per heavy atom. The second kappa shape index (κ2) is 8.09. The number of benzene rings is 2. The molecule has 5 heteroatoms. The van der Waals surface area contributed by atoms with Crippen LogP contribution in [0.2, 0.25) is 5.02 Å². The number of nitrogens with zero attached hydrogens (tertiary/aromatic N) is 1. The molecule has 1 aromatic heterocycles. The molecular formula is C25H25ClN2OS. The summed E-state index contributed by atoms with van der Waals surface area (Å²) in [6.45, 7) is 2.69. The molecule has 3 aromatic rings. The number of amides is 2. The fourth-order valence-corrected chi connectivity index (χ4v) is 6.47. The third kappa shape index (κ3) is 3.52. The zero-order chi connectivity index (χ0) is 20.7. The van der Waals surface area contributed by atoms with E-state index >= 15 is 0 Å². The van der Waals surface area contributed by atoms with Crippen molar-refractivity contribution in [1.29, 1.82) is 0 Å². The summed E-state index contributed by atoms with van der Waals surface area (Å²) in [5, 5.41) is 3.75. The Morgan fingerprint density at radius 2 is 1.87 bits per heavy atom. The Hall–Kier alpha value is -2.30. The fraction of sp³-hybridized carbons (Fsp3) is 0.320. The predicted octanol–water partition coefficient (Wildman–Crippen LogP) is 6.77. The maximum Gasteiger partial charge on any atom is 0.322 e. The summed E-state index contributed by atoms with van der Waals surface area (Å²) in [7, 11) is 0. The highest BCUT2D eigenvalue weighted by Crippen LogP contribution is 2.45. The molecule has 0 saturated heterocycles. The van der Waals surface area contributed by atoms with Gasteiger partial charge in [0.1, 0.15) is 0 Å². The van der Waals surface area contributed by atoms with Crippen LogP contribution < -0.4 is 5.32 Å². The van der Waals surface area contributed by atoms with E-state index in [4.69, 9.17) is 11.6 Å². The van der Waals surface area contributed by atoms with Gasteiger partial charge in [-0.05, 0) is 73.4 Å². The minimum Gasteiger partial charge on any atom is -0.312 e. The van der Waals surface area contributed by atoms with Crippen molar-refractivity contribution < 1.29 is 4.79 Å². The summed E-state index contributed by atoms with van der Waals surface area (Å²) >= 11 is 8.20. The van der Waals surface area contributed by atoms with Crippen LogP contribution in [0, 0.1) is 6.92 Å². The number of halogens is 1. The van der Waals surface area contributed by atoms with Crippen molar-refractivity contribution in [3.63, 3.8) is 0 Å². The first-order chi connectivity index (χ1) is 14.6. The van der Waals surface area contributed by atoms with Crippen LogP contribution in [0.4, 0.5) is 10.5 Å². The second-order valence-corrected chi connectivity index (χ2v) is 9.75. The number of rotatable bonds is 2. The average molecular weight is 437 g/mol. The van der Waals surface area contributed by atoms with Crippen molar-refractivity contribution in [3.05, 3.63) is 85.6 Å². The van der Waals surface area contributed by atoms with E-state index in [2.05, 4.69) is 29.6 Å². The molecule has 1 aliphatic carbocycles. The quantitative estimate of drug-likeness (QED) is 0.472. The smallest absolute Gasteiger partial charge is 0.312 e. The standard InChI is InChI=1S/C25H25ClN2OS/c1-16-11-12-18(15-21(16)26)27-25(29)28-14-13-20-19-9-5-6-10-22(19)30-24(20)23(28)17-7-3-2-4-8-17/h2-4,7-8,11-12,15,23H,5-6,9-10,13-14H2,1H3,(H,27,29)/t23-/m1/s1. The van der Waals surface area contributed by atoms with Gasteiger partial charge >= 0.3 is 6.03 Å². The molecular weight excluding hydrogens is 412 g/mol. The Kier molecular flexibility index (Phi) is 5.30. The number of fused-ring (bicyclic) bond motifs is 3. The number of carbonyl (C=O) groups is 1. The summed E-state index contributed by atoms with van der Waals surface area (Å²) in [4.78, 5) is 18.3. The Bertz CT molecular complexity index is 1090. The zero-order valence-corrected chi connectivity index (χ0v) is 18.7. The monoisotopic (exact) mass is 436 g/mol. The highest BCUT2D eigenvalue weighted by atomic mass is 35.5. The third-order valence-electron chi connectivity index (χ3n) is 6.27. The van der Waals surface area contributed by atoms with Crippen molar-refractivity contribution in [2.75, 3.05) is 11.9 Å². The number of nitrogens with one attached hydrogen (secondary N) is 1. The normalized spacial score (nSPS) is 17.9. The van der Waals surface area contributed by atoms with Crippen LogP contribution in [0.15, 0.2) is 48.5 Å². The molecule has 154 valence electrons. The first-order valence-corrected chi connectivity index (χ1v) is 11.8. The van der Waals surface area contributed by atoms with E-state index in [0.717, 1.165) is 24.2 Å². The molecule has 2 heterocycles. The first kappa shape index (κ1) is 19.7. The van der Waals surface area contributed by atoms with E-state index in [0.29, 0.717) is 5.02 Å². The molecule has 1 aliphatic heterocycles. The Labute approximate surface area is 186 Å². The summed E-state index contributed by atoms with van der Waals surface area (Å²) in [5.74, 6) is 0. The molecule has 5 rings (SSSR count). The van der Waals surface area contributed by atoms with Crippen LogP contribution in [0.3, 0.4) is 0 Å². The molecule has 1 atom stereocenters. The van der Waals surface area contributed by atoms with Gasteiger partial charge < -0.3 is 10.2 Å². The van der Waals surface area contributed by atoms with Crippen LogP contribution in [0.1, 0.15) is 50.9 Å². The highest BCUT2D eigenvalue weighted by Gasteiger charge is 2.36. The van der Waals surface area contributed by atoms with Gasteiger partial charge in [0.2, 0.25) is 0 Å². The van der Waals surface area contributed by atoms with Gasteiger partial charge in [0.15, 0.2) is 0 Å². The summed E-state index contributed by atoms with van der Waals surface area (Å²) in [5.41, 5.74) is 6.00. The van der Waals surface area contributed by atoms with E-state index in [-0.39, 0.29) is 12.1 Å². The summed E-state index contributed by atoms with van der Waals surface area (Å²) in [6, 6.07) is 16.0. The van der Waals surface area contributed by atoms with Gasteiger partial charge in [0.25, 0.3) is 0 Å². The predicted molar refractivity (Wildman–Crippen MR) is 125 cm³/mol. The van der Waals surface area contributed by atoms with Gasteiger partial charge in [-0.3, -0.25) is 0 Å². The van der Waals surface area contributed by atoms with Crippen molar-refractivity contribution in [3.8, 4) is 0 Å². The van der Waals surface area contributed by atoms with Gasteiger partial charge in [0, 0.05) is 27.0 Å². The van der Waals surface area contributed by atoms with Gasteiger partial charge in [-0.2, -0.15) is 0 Å². The van der Waals surface area contributed by atoms with Crippen molar-refractivity contribution in [2.24, 2.45) is 0 Å². The number of aryl methyl sites for hydroxylation is 2. The summed E-state index contributed by atoms with van der Waals surface area (Å²) < 4.78 is 0. The second-order valence-electron chi connectivity index (χ2n) is 8.20. The molecule has 2 aliphatic rings. The Balaban J connectivity index is 1.52. The number of thiophene rings is 1. The lowest BCUT2D eigenvalue weighted by molar-refractivity contribution is 0.195. The zero-order valence-electron chi connectivity index (χ0n) is 17.1. The summed E-state index contributed by atoms with van der Waals surface area (Å²) in [6.07, 6.45) is 5.87. The number of carbonyl (C=O) groups excluding carboxylic acids is 1. The average Bonchev–Trinajstić information content (AvgIpc) is 3.15. The first-order valence-electron chi connectivity index (χ1n) is 10.6. The van der Waals surface area contributed by atoms with E-state index in [1.807, 2.05) is 47.4 Å². The topological polar surface area (TPSA) is 32.3 Å². The lowest BCUT2D eigenvalue weighted by Crippen LogP contribution is -2.42. The van der Waals surface area contributed by atoms with Crippen LogP contribution in [0.25, 0.3) is 0 Å². The molecule has 1 N–H and O–H groups in total. The molecule has 0 saturated carbocycles. The van der Waals surface area contributed by atoms with E-state index in [9.17, 15) is 4.79 Å². The molecule has 30 heavy (non-hydrogen) atoms. The minimum absolute atomic E-state index is 0.0357. The van der Waals surface area contributed by atoms with Crippen molar-refractivity contribution in [2.45, 2.75) is 45.1 Å². The molecule has 0 fully saturated rings. The molecule has 0 spiro atoms. The molecule has 2 amide bonds. The van der Waals surface area contributed by atoms with Gasteiger partial charge in [-0.25, -0.2) is 4.79 Å². The molecule has 0 radical (unpaired) electrons. The fourth-order valence-electron chi connectivity index (χ4n) is 4.70. The minimum atomic E-state index is -0.0687. The molecule has 2 aromatic carbocycles. The van der Waals surface area contributed by atoms with Crippen LogP contribution in [-0.2, 0) is 19.3 Å². The highest BCUT2D eigenvalue weighted by molar-refractivity contribution is 7.12. The maximum absolute atomic E-state index is 13.4. The van der Waals surface area contributed by atoms with Gasteiger partial charge in [-0.15, -0.1) is 11.3 Å². The van der Waals surface area contributed by atoms with Crippen LogP contribution >= 0.6 is 22.9 Å². The van der Waals surface area contributed by atoms with Crippen LogP contribution in [0.5, 0.6) is 0 Å². The molecule has 0 unspecified atom stereocenters.